The Morgan fingerprint density at radius 3 is 2.52 bits per heavy atom. The lowest BCUT2D eigenvalue weighted by molar-refractivity contribution is 0.0988. The molecule has 4 nitrogen and oxygen atoms in total. The molecule has 0 saturated heterocycles. The monoisotopic (exact) mass is 331 g/mol. The van der Waals surface area contributed by atoms with Crippen LogP contribution in [-0.2, 0) is 6.42 Å². The van der Waals surface area contributed by atoms with Crippen molar-refractivity contribution in [2.45, 2.75) is 13.3 Å². The Bertz CT molecular complexity index is 862. The fourth-order valence-corrected chi connectivity index (χ4v) is 2.67. The van der Waals surface area contributed by atoms with Crippen molar-refractivity contribution in [3.8, 4) is 0 Å². The van der Waals surface area contributed by atoms with Gasteiger partial charge in [0.2, 0.25) is 0 Å². The van der Waals surface area contributed by atoms with Crippen molar-refractivity contribution in [3.63, 3.8) is 0 Å². The fraction of sp³-hybridized carbons (Fsp3) is 0.143. The summed E-state index contributed by atoms with van der Waals surface area (Å²) >= 11 is 0. The van der Waals surface area contributed by atoms with E-state index < -0.39 is 0 Å². The van der Waals surface area contributed by atoms with Crippen LogP contribution in [-0.4, -0.2) is 17.9 Å². The maximum atomic E-state index is 12.7. The van der Waals surface area contributed by atoms with Crippen LogP contribution in [0, 0.1) is 0 Å². The summed E-state index contributed by atoms with van der Waals surface area (Å²) in [5.74, 6) is -0.140. The first kappa shape index (κ1) is 16.7. The topological polar surface area (TPSA) is 45.2 Å². The van der Waals surface area contributed by atoms with Gasteiger partial charge in [0.1, 0.15) is 5.69 Å². The van der Waals surface area contributed by atoms with Gasteiger partial charge in [-0.1, -0.05) is 43.3 Å². The maximum absolute atomic E-state index is 12.7. The first-order valence-electron chi connectivity index (χ1n) is 8.33. The number of para-hydroxylation sites is 2. The number of anilines is 3. The van der Waals surface area contributed by atoms with E-state index in [2.05, 4.69) is 23.3 Å². The third-order valence-electron chi connectivity index (χ3n) is 4.10. The molecule has 0 aliphatic rings. The highest BCUT2D eigenvalue weighted by Gasteiger charge is 2.15. The molecule has 0 saturated carbocycles. The van der Waals surface area contributed by atoms with E-state index in [0.717, 1.165) is 23.5 Å². The van der Waals surface area contributed by atoms with Crippen molar-refractivity contribution in [1.29, 1.82) is 0 Å². The molecule has 0 spiro atoms. The number of hydrogen-bond acceptors (Lipinski definition) is 3. The Morgan fingerprint density at radius 1 is 1.04 bits per heavy atom. The molecule has 2 aromatic carbocycles. The minimum Gasteiger partial charge on any atom is -0.355 e. The lowest BCUT2D eigenvalue weighted by Gasteiger charge is -2.17. The molecule has 0 unspecified atom stereocenters. The summed E-state index contributed by atoms with van der Waals surface area (Å²) in [4.78, 5) is 18.6. The van der Waals surface area contributed by atoms with Gasteiger partial charge in [-0.25, -0.2) is 0 Å². The van der Waals surface area contributed by atoms with Crippen LogP contribution < -0.4 is 10.2 Å². The second kappa shape index (κ2) is 7.62. The zero-order valence-electron chi connectivity index (χ0n) is 14.4. The van der Waals surface area contributed by atoms with Gasteiger partial charge in [-0.15, -0.1) is 0 Å². The van der Waals surface area contributed by atoms with Gasteiger partial charge >= 0.3 is 0 Å². The van der Waals surface area contributed by atoms with Gasteiger partial charge in [-0.05, 0) is 42.3 Å². The van der Waals surface area contributed by atoms with Crippen LogP contribution in [0.2, 0.25) is 0 Å². The van der Waals surface area contributed by atoms with E-state index in [1.165, 1.54) is 5.56 Å². The molecule has 1 N–H and O–H groups in total. The summed E-state index contributed by atoms with van der Waals surface area (Å²) in [5.41, 5.74) is 4.37. The number of hydrogen-bond donors (Lipinski definition) is 1. The summed E-state index contributed by atoms with van der Waals surface area (Å²) in [6, 6.07) is 21.4. The molecule has 0 atom stereocenters. The quantitative estimate of drug-likeness (QED) is 0.739. The van der Waals surface area contributed by atoms with E-state index >= 15 is 0 Å². The van der Waals surface area contributed by atoms with Gasteiger partial charge in [0.05, 0.1) is 0 Å². The first-order valence-corrected chi connectivity index (χ1v) is 8.33. The normalized spacial score (nSPS) is 10.3. The van der Waals surface area contributed by atoms with Crippen LogP contribution in [0.15, 0.2) is 72.9 Å². The predicted molar refractivity (Wildman–Crippen MR) is 103 cm³/mol. The molecule has 4 heteroatoms. The maximum Gasteiger partial charge on any atom is 0.276 e. The summed E-state index contributed by atoms with van der Waals surface area (Å²) in [5, 5.41) is 3.39. The Labute approximate surface area is 148 Å². The average Bonchev–Trinajstić information content (AvgIpc) is 2.68. The second-order valence-corrected chi connectivity index (χ2v) is 5.77. The lowest BCUT2D eigenvalue weighted by atomic mass is 10.1. The van der Waals surface area contributed by atoms with Crippen molar-refractivity contribution in [2.24, 2.45) is 0 Å². The van der Waals surface area contributed by atoms with Crippen molar-refractivity contribution >= 4 is 23.0 Å². The summed E-state index contributed by atoms with van der Waals surface area (Å²) in [7, 11) is 1.76. The lowest BCUT2D eigenvalue weighted by Crippen LogP contribution is -2.27. The Balaban J connectivity index is 1.83. The van der Waals surface area contributed by atoms with Crippen molar-refractivity contribution < 1.29 is 4.79 Å². The highest BCUT2D eigenvalue weighted by atomic mass is 16.2. The summed E-state index contributed by atoms with van der Waals surface area (Å²) < 4.78 is 0. The van der Waals surface area contributed by atoms with E-state index in [0.29, 0.717) is 5.69 Å². The van der Waals surface area contributed by atoms with Crippen molar-refractivity contribution in [3.05, 3.63) is 84.2 Å². The Morgan fingerprint density at radius 2 is 1.76 bits per heavy atom. The molecular weight excluding hydrogens is 310 g/mol. The van der Waals surface area contributed by atoms with Crippen LogP contribution in [0.3, 0.4) is 0 Å². The molecule has 0 fully saturated rings. The first-order chi connectivity index (χ1) is 12.2. The molecular formula is C21H21N3O. The second-order valence-electron chi connectivity index (χ2n) is 5.77. The van der Waals surface area contributed by atoms with Gasteiger partial charge in [0.15, 0.2) is 0 Å². The van der Waals surface area contributed by atoms with Gasteiger partial charge in [-0.3, -0.25) is 9.78 Å². The molecule has 3 aromatic rings. The van der Waals surface area contributed by atoms with Gasteiger partial charge < -0.3 is 10.2 Å². The molecule has 3 rings (SSSR count). The number of carbonyl (C=O) groups is 1. The van der Waals surface area contributed by atoms with E-state index in [1.807, 2.05) is 54.6 Å². The molecule has 25 heavy (non-hydrogen) atoms. The summed E-state index contributed by atoms with van der Waals surface area (Å²) in [6.07, 6.45) is 2.60. The Kier molecular flexibility index (Phi) is 5.09. The largest absolute Gasteiger partial charge is 0.355 e. The highest BCUT2D eigenvalue weighted by molar-refractivity contribution is 6.04. The predicted octanol–water partition coefficient (Wildman–Crippen LogP) is 4.66. The zero-order valence-corrected chi connectivity index (χ0v) is 14.4. The number of nitrogens with zero attached hydrogens (tertiary/aromatic N) is 2. The molecule has 1 heterocycles. The van der Waals surface area contributed by atoms with Gasteiger partial charge in [0, 0.05) is 30.3 Å². The number of aryl methyl sites for hydroxylation is 1. The van der Waals surface area contributed by atoms with Crippen molar-refractivity contribution in [2.75, 3.05) is 17.3 Å². The van der Waals surface area contributed by atoms with E-state index in [-0.39, 0.29) is 5.91 Å². The van der Waals surface area contributed by atoms with Crippen LogP contribution in [0.4, 0.5) is 17.1 Å². The molecule has 0 bridgehead atoms. The molecule has 1 amide bonds. The molecule has 0 radical (unpaired) electrons. The third kappa shape index (κ3) is 3.86. The van der Waals surface area contributed by atoms with Gasteiger partial charge in [0.25, 0.3) is 5.91 Å². The van der Waals surface area contributed by atoms with E-state index in [1.54, 1.807) is 24.2 Å². The zero-order chi connectivity index (χ0) is 17.6. The number of amides is 1. The third-order valence-corrected chi connectivity index (χ3v) is 4.10. The van der Waals surface area contributed by atoms with Crippen molar-refractivity contribution in [1.82, 2.24) is 4.98 Å². The number of nitrogens with one attached hydrogen (secondary N) is 1. The van der Waals surface area contributed by atoms with Crippen LogP contribution in [0.1, 0.15) is 23.0 Å². The number of aromatic nitrogens is 1. The van der Waals surface area contributed by atoms with Crippen LogP contribution in [0.25, 0.3) is 0 Å². The fourth-order valence-electron chi connectivity index (χ4n) is 2.67. The van der Waals surface area contributed by atoms with Crippen LogP contribution in [0.5, 0.6) is 0 Å². The number of pyridine rings is 1. The average molecular weight is 331 g/mol. The van der Waals surface area contributed by atoms with E-state index in [9.17, 15) is 4.79 Å². The van der Waals surface area contributed by atoms with Crippen LogP contribution >= 0.6 is 0 Å². The number of benzene rings is 2. The summed E-state index contributed by atoms with van der Waals surface area (Å²) in [6.45, 7) is 2.12. The highest BCUT2D eigenvalue weighted by Crippen LogP contribution is 2.22. The number of carbonyl (C=O) groups excluding carboxylic acids is 1. The SMILES string of the molecule is CCc1ccccc1Nc1ccnc(C(=O)N(C)c2ccccc2)c1. The molecule has 1 aromatic heterocycles. The number of rotatable bonds is 5. The minimum absolute atomic E-state index is 0.140. The smallest absolute Gasteiger partial charge is 0.276 e. The molecule has 0 aliphatic heterocycles. The molecule has 0 aliphatic carbocycles. The molecule has 126 valence electrons. The van der Waals surface area contributed by atoms with E-state index in [4.69, 9.17) is 0 Å². The Hall–Kier alpha value is -3.14. The van der Waals surface area contributed by atoms with Gasteiger partial charge in [-0.2, -0.15) is 0 Å². The minimum atomic E-state index is -0.140. The standard InChI is InChI=1S/C21H21N3O/c1-3-16-9-7-8-12-19(16)23-17-13-14-22-20(15-17)21(25)24(2)18-10-5-4-6-11-18/h4-15H,3H2,1-2H3,(H,22,23).